The molecule has 37 heavy (non-hydrogen) atoms. The van der Waals surface area contributed by atoms with Crippen molar-refractivity contribution in [3.63, 3.8) is 0 Å². The van der Waals surface area contributed by atoms with E-state index in [1.807, 2.05) is 68.4 Å². The molecule has 0 aliphatic carbocycles. The molecule has 4 aromatic rings. The van der Waals surface area contributed by atoms with Gasteiger partial charge in [-0.3, -0.25) is 4.79 Å². The number of nitrogens with one attached hydrogen (secondary N) is 1. The van der Waals surface area contributed by atoms with Gasteiger partial charge in [0.05, 0.1) is 10.2 Å². The van der Waals surface area contributed by atoms with Crippen LogP contribution in [0.2, 0.25) is 0 Å². The van der Waals surface area contributed by atoms with Crippen LogP contribution in [0, 0.1) is 14.9 Å². The number of anilines is 1. The Kier molecular flexibility index (Phi) is 8.81. The molecule has 186 valence electrons. The Bertz CT molecular complexity index is 1500. The van der Waals surface area contributed by atoms with E-state index in [0.29, 0.717) is 36.0 Å². The van der Waals surface area contributed by atoms with Gasteiger partial charge in [-0.15, -0.1) is 0 Å². The van der Waals surface area contributed by atoms with Gasteiger partial charge in [0.1, 0.15) is 18.2 Å². The van der Waals surface area contributed by atoms with Crippen LogP contribution in [0.5, 0.6) is 11.5 Å². The molecule has 0 aliphatic rings. The standard InChI is InChI=1S/C31H27IN2O3/c1-3-22-10-6-8-15-28(22)34-31(35)25(19-33)16-21-17-27(32)30(29(18-21)36-4-2)37-20-24-13-9-12-23-11-5-7-14-26(23)24/h5-18H,3-4,20H2,1-2H3,(H,34,35)/b25-16+. The second-order valence-corrected chi connectivity index (χ2v) is 9.49. The van der Waals surface area contributed by atoms with E-state index in [9.17, 15) is 10.1 Å². The van der Waals surface area contributed by atoms with Gasteiger partial charge in [0, 0.05) is 5.69 Å². The predicted octanol–water partition coefficient (Wildman–Crippen LogP) is 7.53. The molecular formula is C31H27IN2O3. The van der Waals surface area contributed by atoms with E-state index in [-0.39, 0.29) is 5.57 Å². The van der Waals surface area contributed by atoms with Crippen LogP contribution in [0.4, 0.5) is 5.69 Å². The lowest BCUT2D eigenvalue weighted by Crippen LogP contribution is -2.14. The fraction of sp³-hybridized carbons (Fsp3) is 0.161. The molecule has 0 spiro atoms. The molecule has 0 unspecified atom stereocenters. The molecule has 0 radical (unpaired) electrons. The molecule has 0 aromatic heterocycles. The Balaban J connectivity index is 1.60. The number of hydrogen-bond donors (Lipinski definition) is 1. The van der Waals surface area contributed by atoms with Crippen molar-refractivity contribution < 1.29 is 14.3 Å². The fourth-order valence-electron chi connectivity index (χ4n) is 4.10. The van der Waals surface area contributed by atoms with Crippen LogP contribution in [-0.4, -0.2) is 12.5 Å². The lowest BCUT2D eigenvalue weighted by Gasteiger charge is -2.16. The van der Waals surface area contributed by atoms with Gasteiger partial charge in [0.2, 0.25) is 0 Å². The molecule has 0 saturated heterocycles. The normalized spacial score (nSPS) is 11.1. The second-order valence-electron chi connectivity index (χ2n) is 8.32. The van der Waals surface area contributed by atoms with Crippen molar-refractivity contribution in [3.8, 4) is 17.6 Å². The van der Waals surface area contributed by atoms with Gasteiger partial charge < -0.3 is 14.8 Å². The lowest BCUT2D eigenvalue weighted by molar-refractivity contribution is -0.112. The number of aryl methyl sites for hydroxylation is 1. The number of fused-ring (bicyclic) bond motifs is 1. The predicted molar refractivity (Wildman–Crippen MR) is 157 cm³/mol. The monoisotopic (exact) mass is 602 g/mol. The van der Waals surface area contributed by atoms with Crippen LogP contribution in [0.25, 0.3) is 16.8 Å². The maximum absolute atomic E-state index is 12.9. The van der Waals surface area contributed by atoms with Crippen LogP contribution in [0.3, 0.4) is 0 Å². The minimum absolute atomic E-state index is 0.00794. The molecule has 0 heterocycles. The van der Waals surface area contributed by atoms with Gasteiger partial charge in [-0.2, -0.15) is 5.26 Å². The van der Waals surface area contributed by atoms with Crippen LogP contribution >= 0.6 is 22.6 Å². The Hall–Kier alpha value is -3.83. The summed E-state index contributed by atoms with van der Waals surface area (Å²) in [6.45, 7) is 4.76. The van der Waals surface area contributed by atoms with Crippen LogP contribution < -0.4 is 14.8 Å². The lowest BCUT2D eigenvalue weighted by atomic mass is 10.1. The maximum atomic E-state index is 12.9. The number of para-hydroxylation sites is 1. The zero-order valence-electron chi connectivity index (χ0n) is 20.8. The number of halogens is 1. The third-order valence-corrected chi connectivity index (χ3v) is 6.71. The smallest absolute Gasteiger partial charge is 0.266 e. The van der Waals surface area contributed by atoms with Gasteiger partial charge >= 0.3 is 0 Å². The molecule has 1 N–H and O–H groups in total. The average molecular weight is 602 g/mol. The highest BCUT2D eigenvalue weighted by atomic mass is 127. The number of carbonyl (C=O) groups is 1. The van der Waals surface area contributed by atoms with Crippen molar-refractivity contribution in [1.82, 2.24) is 0 Å². The number of carbonyl (C=O) groups excluding carboxylic acids is 1. The van der Waals surface area contributed by atoms with Gasteiger partial charge in [-0.1, -0.05) is 67.6 Å². The summed E-state index contributed by atoms with van der Waals surface area (Å²) in [7, 11) is 0. The minimum Gasteiger partial charge on any atom is -0.490 e. The zero-order chi connectivity index (χ0) is 26.2. The van der Waals surface area contributed by atoms with Gasteiger partial charge in [-0.25, -0.2) is 0 Å². The summed E-state index contributed by atoms with van der Waals surface area (Å²) >= 11 is 2.20. The highest BCUT2D eigenvalue weighted by Crippen LogP contribution is 2.36. The summed E-state index contributed by atoms with van der Waals surface area (Å²) in [5, 5.41) is 14.9. The topological polar surface area (TPSA) is 71.3 Å². The summed E-state index contributed by atoms with van der Waals surface area (Å²) in [4.78, 5) is 12.9. The number of hydrogen-bond acceptors (Lipinski definition) is 4. The Morgan fingerprint density at radius 2 is 1.70 bits per heavy atom. The average Bonchev–Trinajstić information content (AvgIpc) is 2.91. The molecule has 0 aliphatic heterocycles. The molecule has 6 heteroatoms. The van der Waals surface area contributed by atoms with E-state index in [0.717, 1.165) is 31.9 Å². The van der Waals surface area contributed by atoms with Crippen LogP contribution in [0.15, 0.2) is 84.4 Å². The van der Waals surface area contributed by atoms with E-state index < -0.39 is 5.91 Å². The number of ether oxygens (including phenoxy) is 2. The van der Waals surface area contributed by atoms with E-state index in [1.54, 1.807) is 12.1 Å². The summed E-state index contributed by atoms with van der Waals surface area (Å²) < 4.78 is 13.0. The van der Waals surface area contributed by atoms with Crippen LogP contribution in [0.1, 0.15) is 30.5 Å². The van der Waals surface area contributed by atoms with Crippen molar-refractivity contribution in [2.75, 3.05) is 11.9 Å². The highest BCUT2D eigenvalue weighted by molar-refractivity contribution is 14.1. The number of nitriles is 1. The molecule has 0 saturated carbocycles. The molecule has 0 atom stereocenters. The number of rotatable bonds is 9. The van der Waals surface area contributed by atoms with E-state index >= 15 is 0 Å². The van der Waals surface area contributed by atoms with Crippen molar-refractivity contribution in [2.45, 2.75) is 26.9 Å². The quantitative estimate of drug-likeness (QED) is 0.122. The molecule has 0 bridgehead atoms. The third kappa shape index (κ3) is 6.30. The van der Waals surface area contributed by atoms with Crippen molar-refractivity contribution in [1.29, 1.82) is 5.26 Å². The van der Waals surface area contributed by atoms with E-state index in [4.69, 9.17) is 9.47 Å². The molecule has 0 fully saturated rings. The van der Waals surface area contributed by atoms with E-state index in [2.05, 4.69) is 52.2 Å². The SMILES string of the molecule is CCOc1cc(/C=C(\C#N)C(=O)Nc2ccccc2CC)cc(I)c1OCc1cccc2ccccc12. The Labute approximate surface area is 230 Å². The molecule has 1 amide bonds. The zero-order valence-corrected chi connectivity index (χ0v) is 22.9. The number of nitrogens with zero attached hydrogens (tertiary/aromatic N) is 1. The maximum Gasteiger partial charge on any atom is 0.266 e. The largest absolute Gasteiger partial charge is 0.490 e. The molecule has 4 aromatic carbocycles. The van der Waals surface area contributed by atoms with Crippen molar-refractivity contribution in [3.05, 3.63) is 105 Å². The first-order valence-electron chi connectivity index (χ1n) is 12.1. The highest BCUT2D eigenvalue weighted by Gasteiger charge is 2.16. The molecule has 4 rings (SSSR count). The number of benzene rings is 4. The fourth-order valence-corrected chi connectivity index (χ4v) is 4.88. The first-order chi connectivity index (χ1) is 18.0. The van der Waals surface area contributed by atoms with Gasteiger partial charge in [0.15, 0.2) is 11.5 Å². The van der Waals surface area contributed by atoms with Crippen molar-refractivity contribution >= 4 is 51.0 Å². The van der Waals surface area contributed by atoms with Gasteiger partial charge in [0.25, 0.3) is 5.91 Å². The first kappa shape index (κ1) is 26.2. The Morgan fingerprint density at radius 1 is 0.973 bits per heavy atom. The first-order valence-corrected chi connectivity index (χ1v) is 13.2. The number of amides is 1. The molecular weight excluding hydrogens is 575 g/mol. The van der Waals surface area contributed by atoms with Gasteiger partial charge in [-0.05, 0) is 87.7 Å². The van der Waals surface area contributed by atoms with Crippen LogP contribution in [-0.2, 0) is 17.8 Å². The summed E-state index contributed by atoms with van der Waals surface area (Å²) in [5.74, 6) is 0.745. The van der Waals surface area contributed by atoms with Crippen molar-refractivity contribution in [2.24, 2.45) is 0 Å². The van der Waals surface area contributed by atoms with E-state index in [1.165, 1.54) is 0 Å². The Morgan fingerprint density at radius 3 is 2.49 bits per heavy atom. The summed E-state index contributed by atoms with van der Waals surface area (Å²) in [6, 6.07) is 27.7. The second kappa shape index (κ2) is 12.4. The summed E-state index contributed by atoms with van der Waals surface area (Å²) in [5.41, 5.74) is 3.48. The minimum atomic E-state index is -0.451. The molecule has 5 nitrogen and oxygen atoms in total. The third-order valence-electron chi connectivity index (χ3n) is 5.91. The summed E-state index contributed by atoms with van der Waals surface area (Å²) in [6.07, 6.45) is 2.35.